The molecular weight excluding hydrogens is 442 g/mol. The summed E-state index contributed by atoms with van der Waals surface area (Å²) in [6.07, 6.45) is 2.13. The minimum absolute atomic E-state index is 0.207. The predicted molar refractivity (Wildman–Crippen MR) is 132 cm³/mol. The van der Waals surface area contributed by atoms with E-state index in [1.165, 1.54) is 10.7 Å². The average Bonchev–Trinajstić information content (AvgIpc) is 3.55. The Hall–Kier alpha value is -4.72. The minimum Gasteiger partial charge on any atom is -0.463 e. The number of hydrogen-bond donors (Lipinski definition) is 2. The minimum atomic E-state index is -0.554. The smallest absolute Gasteiger partial charge is 0.252 e. The number of aromatic amines is 1. The summed E-state index contributed by atoms with van der Waals surface area (Å²) in [6, 6.07) is 25.8. The molecule has 8 nitrogen and oxygen atoms in total. The fourth-order valence-electron chi connectivity index (χ4n) is 3.94. The van der Waals surface area contributed by atoms with Gasteiger partial charge in [0.05, 0.1) is 12.2 Å². The lowest BCUT2D eigenvalue weighted by Gasteiger charge is -2.18. The van der Waals surface area contributed by atoms with Crippen LogP contribution in [0.3, 0.4) is 0 Å². The zero-order valence-electron chi connectivity index (χ0n) is 19.0. The van der Waals surface area contributed by atoms with E-state index in [2.05, 4.69) is 20.4 Å². The molecule has 0 aliphatic carbocycles. The topological polar surface area (TPSA) is 106 Å². The molecule has 0 saturated heterocycles. The largest absolute Gasteiger partial charge is 0.463 e. The summed E-state index contributed by atoms with van der Waals surface area (Å²) < 4.78 is 6.92. The Balaban J connectivity index is 1.59. The SMILES string of the molecule is CCc1cc(=O)[nH]c(-n2nc(-c3ccco3)cc2NC(=O)C(c2ccccc2)c2ccccc2)n1. The Morgan fingerprint density at radius 2 is 1.69 bits per heavy atom. The van der Waals surface area contributed by atoms with Gasteiger partial charge in [-0.3, -0.25) is 14.6 Å². The molecule has 0 spiro atoms. The Morgan fingerprint density at radius 1 is 1.00 bits per heavy atom. The monoisotopic (exact) mass is 465 g/mol. The van der Waals surface area contributed by atoms with E-state index in [1.54, 1.807) is 24.5 Å². The summed E-state index contributed by atoms with van der Waals surface area (Å²) in [7, 11) is 0. The third kappa shape index (κ3) is 4.67. The fourth-order valence-corrected chi connectivity index (χ4v) is 3.94. The van der Waals surface area contributed by atoms with E-state index >= 15 is 0 Å². The molecule has 0 aliphatic heterocycles. The van der Waals surface area contributed by atoms with Gasteiger partial charge in [-0.1, -0.05) is 67.6 Å². The van der Waals surface area contributed by atoms with Crippen molar-refractivity contribution in [2.75, 3.05) is 5.32 Å². The molecular formula is C27H23N5O3. The van der Waals surface area contributed by atoms with Crippen molar-refractivity contribution in [3.05, 3.63) is 118 Å². The van der Waals surface area contributed by atoms with Crippen molar-refractivity contribution in [2.45, 2.75) is 19.3 Å². The summed E-state index contributed by atoms with van der Waals surface area (Å²) in [5.41, 5.74) is 2.51. The molecule has 5 aromatic rings. The van der Waals surface area contributed by atoms with E-state index in [0.29, 0.717) is 29.4 Å². The Kier molecular flexibility index (Phi) is 6.09. The highest BCUT2D eigenvalue weighted by Gasteiger charge is 2.25. The number of benzene rings is 2. The maximum atomic E-state index is 13.7. The number of anilines is 1. The van der Waals surface area contributed by atoms with Crippen LogP contribution in [-0.2, 0) is 11.2 Å². The van der Waals surface area contributed by atoms with Crippen LogP contribution in [0.2, 0.25) is 0 Å². The van der Waals surface area contributed by atoms with Crippen molar-refractivity contribution >= 4 is 11.7 Å². The molecule has 2 N–H and O–H groups in total. The van der Waals surface area contributed by atoms with Gasteiger partial charge in [0.2, 0.25) is 11.9 Å². The molecule has 0 atom stereocenters. The van der Waals surface area contributed by atoms with Crippen LogP contribution in [0, 0.1) is 0 Å². The summed E-state index contributed by atoms with van der Waals surface area (Å²) in [4.78, 5) is 33.2. The number of H-pyrrole nitrogens is 1. The van der Waals surface area contributed by atoms with Gasteiger partial charge in [-0.25, -0.2) is 4.98 Å². The van der Waals surface area contributed by atoms with Gasteiger partial charge in [0, 0.05) is 17.8 Å². The molecule has 5 rings (SSSR count). The van der Waals surface area contributed by atoms with Crippen LogP contribution in [0.25, 0.3) is 17.4 Å². The van der Waals surface area contributed by atoms with Gasteiger partial charge in [0.15, 0.2) is 5.76 Å². The number of nitrogens with one attached hydrogen (secondary N) is 2. The molecule has 8 heteroatoms. The number of furan rings is 1. The van der Waals surface area contributed by atoms with Gasteiger partial charge in [-0.05, 0) is 29.7 Å². The number of aromatic nitrogens is 4. The second kappa shape index (κ2) is 9.64. The van der Waals surface area contributed by atoms with Crippen molar-refractivity contribution in [1.82, 2.24) is 19.7 Å². The molecule has 35 heavy (non-hydrogen) atoms. The van der Waals surface area contributed by atoms with Crippen LogP contribution >= 0.6 is 0 Å². The second-order valence-electron chi connectivity index (χ2n) is 7.96. The van der Waals surface area contributed by atoms with Crippen LogP contribution in [0.15, 0.2) is 100 Å². The number of hydrogen-bond acceptors (Lipinski definition) is 5. The van der Waals surface area contributed by atoms with Crippen LogP contribution < -0.4 is 10.9 Å². The maximum Gasteiger partial charge on any atom is 0.252 e. The van der Waals surface area contributed by atoms with E-state index in [4.69, 9.17) is 4.42 Å². The molecule has 0 saturated carbocycles. The fraction of sp³-hybridized carbons (Fsp3) is 0.111. The highest BCUT2D eigenvalue weighted by molar-refractivity contribution is 5.98. The van der Waals surface area contributed by atoms with E-state index < -0.39 is 5.92 Å². The zero-order valence-corrected chi connectivity index (χ0v) is 19.0. The molecule has 0 fully saturated rings. The van der Waals surface area contributed by atoms with Gasteiger partial charge >= 0.3 is 0 Å². The molecule has 1 amide bonds. The van der Waals surface area contributed by atoms with Gasteiger partial charge in [0.25, 0.3) is 5.56 Å². The van der Waals surface area contributed by atoms with Crippen molar-refractivity contribution in [1.29, 1.82) is 0 Å². The lowest BCUT2D eigenvalue weighted by atomic mass is 9.90. The molecule has 174 valence electrons. The normalized spacial score (nSPS) is 11.0. The highest BCUT2D eigenvalue weighted by atomic mass is 16.3. The molecule has 3 heterocycles. The summed E-state index contributed by atoms with van der Waals surface area (Å²) in [5.74, 6) is 0.286. The lowest BCUT2D eigenvalue weighted by molar-refractivity contribution is -0.116. The average molecular weight is 466 g/mol. The summed E-state index contributed by atoms with van der Waals surface area (Å²) >= 11 is 0. The molecule has 3 aromatic heterocycles. The second-order valence-corrected chi connectivity index (χ2v) is 7.96. The van der Waals surface area contributed by atoms with Crippen molar-refractivity contribution in [3.63, 3.8) is 0 Å². The van der Waals surface area contributed by atoms with Crippen LogP contribution in [0.1, 0.15) is 29.7 Å². The first kappa shape index (κ1) is 22.1. The van der Waals surface area contributed by atoms with Crippen LogP contribution in [-0.4, -0.2) is 25.7 Å². The molecule has 0 aliphatic rings. The standard InChI is InChI=1S/C27H23N5O3/c1-2-20-16-24(33)30-27(28-20)32-23(17-21(31-32)22-14-9-15-35-22)29-26(34)25(18-10-5-3-6-11-18)19-12-7-4-8-13-19/h3-17,25H,2H2,1H3,(H,29,34)(H,28,30,33). The number of nitrogens with zero attached hydrogens (tertiary/aromatic N) is 3. The molecule has 2 aromatic carbocycles. The van der Waals surface area contributed by atoms with Crippen molar-refractivity contribution in [2.24, 2.45) is 0 Å². The number of aryl methyl sites for hydroxylation is 1. The molecule has 0 bridgehead atoms. The Labute approximate surface area is 201 Å². The van der Waals surface area contributed by atoms with Crippen LogP contribution in [0.4, 0.5) is 5.82 Å². The first-order chi connectivity index (χ1) is 17.1. The third-order valence-electron chi connectivity index (χ3n) is 5.61. The molecule has 0 unspecified atom stereocenters. The summed E-state index contributed by atoms with van der Waals surface area (Å²) in [5, 5.41) is 7.58. The van der Waals surface area contributed by atoms with Gasteiger partial charge in [0.1, 0.15) is 11.5 Å². The highest BCUT2D eigenvalue weighted by Crippen LogP contribution is 2.29. The van der Waals surface area contributed by atoms with Gasteiger partial charge < -0.3 is 9.73 Å². The van der Waals surface area contributed by atoms with Crippen LogP contribution in [0.5, 0.6) is 0 Å². The number of carbonyl (C=O) groups excluding carboxylic acids is 1. The number of carbonyl (C=O) groups is 1. The van der Waals surface area contributed by atoms with Crippen molar-refractivity contribution < 1.29 is 9.21 Å². The van der Waals surface area contributed by atoms with E-state index in [1.807, 2.05) is 67.6 Å². The molecule has 0 radical (unpaired) electrons. The van der Waals surface area contributed by atoms with Gasteiger partial charge in [-0.2, -0.15) is 9.78 Å². The Bertz CT molecular complexity index is 1450. The first-order valence-electron chi connectivity index (χ1n) is 11.3. The quantitative estimate of drug-likeness (QED) is 0.367. The maximum absolute atomic E-state index is 13.7. The van der Waals surface area contributed by atoms with E-state index in [0.717, 1.165) is 11.1 Å². The Morgan fingerprint density at radius 3 is 2.29 bits per heavy atom. The third-order valence-corrected chi connectivity index (χ3v) is 5.61. The summed E-state index contributed by atoms with van der Waals surface area (Å²) in [6.45, 7) is 1.91. The zero-order chi connectivity index (χ0) is 24.2. The van der Waals surface area contributed by atoms with E-state index in [9.17, 15) is 9.59 Å². The number of amides is 1. The first-order valence-corrected chi connectivity index (χ1v) is 11.3. The lowest BCUT2D eigenvalue weighted by Crippen LogP contribution is -2.24. The van der Waals surface area contributed by atoms with Gasteiger partial charge in [-0.15, -0.1) is 0 Å². The number of rotatable bonds is 7. The van der Waals surface area contributed by atoms with E-state index in [-0.39, 0.29) is 17.4 Å². The van der Waals surface area contributed by atoms with Crippen molar-refractivity contribution in [3.8, 4) is 17.4 Å². The predicted octanol–water partition coefficient (Wildman–Crippen LogP) is 4.55.